The van der Waals surface area contributed by atoms with Crippen LogP contribution in [-0.2, 0) is 6.42 Å². The van der Waals surface area contributed by atoms with Crippen molar-refractivity contribution in [3.05, 3.63) is 35.4 Å². The second kappa shape index (κ2) is 12.6. The van der Waals surface area contributed by atoms with E-state index in [0.717, 1.165) is 37.5 Å². The summed E-state index contributed by atoms with van der Waals surface area (Å²) in [6.45, 7) is 6.82. The minimum Gasteiger partial charge on any atom is -0.393 e. The highest BCUT2D eigenvalue weighted by Crippen LogP contribution is 2.34. The largest absolute Gasteiger partial charge is 0.393 e. The van der Waals surface area contributed by atoms with E-state index in [0.29, 0.717) is 5.92 Å². The van der Waals surface area contributed by atoms with Gasteiger partial charge >= 0.3 is 0 Å². The molecule has 1 fully saturated rings. The van der Waals surface area contributed by atoms with Crippen molar-refractivity contribution in [3.63, 3.8) is 0 Å². The molecule has 2 unspecified atom stereocenters. The van der Waals surface area contributed by atoms with Gasteiger partial charge in [0.1, 0.15) is 0 Å². The van der Waals surface area contributed by atoms with Crippen molar-refractivity contribution in [2.75, 3.05) is 0 Å². The highest BCUT2D eigenvalue weighted by Gasteiger charge is 2.20. The van der Waals surface area contributed by atoms with Crippen LogP contribution in [0.5, 0.6) is 0 Å². The van der Waals surface area contributed by atoms with Gasteiger partial charge in [0.05, 0.1) is 6.10 Å². The molecule has 154 valence electrons. The molecule has 1 heteroatoms. The van der Waals surface area contributed by atoms with Crippen molar-refractivity contribution in [3.8, 4) is 0 Å². The zero-order valence-corrected chi connectivity index (χ0v) is 18.3. The molecule has 0 radical (unpaired) electrons. The fourth-order valence-electron chi connectivity index (χ4n) is 4.79. The summed E-state index contributed by atoms with van der Waals surface area (Å²) in [5.41, 5.74) is 2.94. The summed E-state index contributed by atoms with van der Waals surface area (Å²) in [5.74, 6) is 2.53. The first kappa shape index (κ1) is 22.5. The zero-order valence-electron chi connectivity index (χ0n) is 18.3. The minimum atomic E-state index is -0.112. The van der Waals surface area contributed by atoms with E-state index in [1.165, 1.54) is 68.9 Å². The van der Waals surface area contributed by atoms with E-state index < -0.39 is 0 Å². The van der Waals surface area contributed by atoms with Gasteiger partial charge in [0.25, 0.3) is 0 Å². The van der Waals surface area contributed by atoms with E-state index in [2.05, 4.69) is 45.0 Å². The molecule has 27 heavy (non-hydrogen) atoms. The third-order valence-electron chi connectivity index (χ3n) is 6.88. The van der Waals surface area contributed by atoms with Crippen molar-refractivity contribution < 1.29 is 5.11 Å². The van der Waals surface area contributed by atoms with Gasteiger partial charge in [-0.25, -0.2) is 0 Å². The lowest BCUT2D eigenvalue weighted by molar-refractivity contribution is 0.147. The van der Waals surface area contributed by atoms with Crippen molar-refractivity contribution in [1.29, 1.82) is 0 Å². The quantitative estimate of drug-likeness (QED) is 0.399. The summed E-state index contributed by atoms with van der Waals surface area (Å²) >= 11 is 0. The average Bonchev–Trinajstić information content (AvgIpc) is 2.70. The van der Waals surface area contributed by atoms with Gasteiger partial charge in [0.15, 0.2) is 0 Å². The fourth-order valence-corrected chi connectivity index (χ4v) is 4.79. The van der Waals surface area contributed by atoms with Crippen LogP contribution in [0.3, 0.4) is 0 Å². The molecule has 2 atom stereocenters. The first-order valence-electron chi connectivity index (χ1n) is 11.9. The van der Waals surface area contributed by atoms with Gasteiger partial charge in [-0.05, 0) is 61.0 Å². The molecule has 1 aromatic carbocycles. The molecule has 1 aromatic rings. The summed E-state index contributed by atoms with van der Waals surface area (Å²) in [4.78, 5) is 0. The Morgan fingerprint density at radius 2 is 1.48 bits per heavy atom. The van der Waals surface area contributed by atoms with Crippen LogP contribution in [0.25, 0.3) is 0 Å². The number of hydrogen-bond donors (Lipinski definition) is 1. The van der Waals surface area contributed by atoms with Gasteiger partial charge in [-0.15, -0.1) is 0 Å². The Labute approximate surface area is 169 Å². The van der Waals surface area contributed by atoms with Crippen molar-refractivity contribution in [2.45, 2.75) is 116 Å². The van der Waals surface area contributed by atoms with Gasteiger partial charge in [-0.2, -0.15) is 0 Å². The molecule has 0 saturated heterocycles. The number of aryl methyl sites for hydroxylation is 1. The molecule has 0 amide bonds. The van der Waals surface area contributed by atoms with Gasteiger partial charge < -0.3 is 5.11 Å². The third-order valence-corrected chi connectivity index (χ3v) is 6.88. The Bertz CT molecular complexity index is 483. The SMILES string of the molecule is CCCCC(O)CCC(C)c1ccc(CCC2CCC(CCC)CC2)cc1. The van der Waals surface area contributed by atoms with Crippen LogP contribution in [0.2, 0.25) is 0 Å². The van der Waals surface area contributed by atoms with Gasteiger partial charge in [0.2, 0.25) is 0 Å². The summed E-state index contributed by atoms with van der Waals surface area (Å²) < 4.78 is 0. The Morgan fingerprint density at radius 1 is 0.852 bits per heavy atom. The van der Waals surface area contributed by atoms with Crippen LogP contribution in [0.1, 0.15) is 115 Å². The number of unbranched alkanes of at least 4 members (excludes halogenated alkanes) is 1. The van der Waals surface area contributed by atoms with Crippen LogP contribution in [0.4, 0.5) is 0 Å². The van der Waals surface area contributed by atoms with Crippen LogP contribution < -0.4 is 0 Å². The van der Waals surface area contributed by atoms with Crippen molar-refractivity contribution >= 4 is 0 Å². The Kier molecular flexibility index (Phi) is 10.5. The minimum absolute atomic E-state index is 0.112. The molecule has 0 bridgehead atoms. The van der Waals surface area contributed by atoms with Crippen LogP contribution in [0.15, 0.2) is 24.3 Å². The number of hydrogen-bond acceptors (Lipinski definition) is 1. The van der Waals surface area contributed by atoms with Crippen molar-refractivity contribution in [2.24, 2.45) is 11.8 Å². The smallest absolute Gasteiger partial charge is 0.0540 e. The zero-order chi connectivity index (χ0) is 19.5. The highest BCUT2D eigenvalue weighted by molar-refractivity contribution is 5.25. The molecular weight excluding hydrogens is 328 g/mol. The normalized spacial score (nSPS) is 22.5. The molecule has 2 rings (SSSR count). The van der Waals surface area contributed by atoms with E-state index in [-0.39, 0.29) is 6.10 Å². The summed E-state index contributed by atoms with van der Waals surface area (Å²) in [6, 6.07) is 9.36. The Morgan fingerprint density at radius 3 is 2.07 bits per heavy atom. The topological polar surface area (TPSA) is 20.2 Å². The van der Waals surface area contributed by atoms with Gasteiger partial charge in [-0.3, -0.25) is 0 Å². The van der Waals surface area contributed by atoms with Gasteiger partial charge in [0, 0.05) is 0 Å². The molecule has 0 spiro atoms. The Hall–Kier alpha value is -0.820. The number of aliphatic hydroxyl groups is 1. The highest BCUT2D eigenvalue weighted by atomic mass is 16.3. The first-order chi connectivity index (χ1) is 13.1. The van der Waals surface area contributed by atoms with E-state index in [4.69, 9.17) is 0 Å². The number of benzene rings is 1. The van der Waals surface area contributed by atoms with Crippen LogP contribution >= 0.6 is 0 Å². The third kappa shape index (κ3) is 8.38. The predicted molar refractivity (Wildman–Crippen MR) is 118 cm³/mol. The summed E-state index contributed by atoms with van der Waals surface area (Å²) in [7, 11) is 0. The molecule has 0 aliphatic heterocycles. The second-order valence-electron chi connectivity index (χ2n) is 9.23. The van der Waals surface area contributed by atoms with Gasteiger partial charge in [-0.1, -0.05) is 96.4 Å². The fraction of sp³-hybridized carbons (Fsp3) is 0.769. The maximum absolute atomic E-state index is 10.1. The first-order valence-corrected chi connectivity index (χ1v) is 11.9. The molecule has 1 saturated carbocycles. The van der Waals surface area contributed by atoms with E-state index in [1.807, 2.05) is 0 Å². The Balaban J connectivity index is 1.68. The van der Waals surface area contributed by atoms with E-state index in [1.54, 1.807) is 0 Å². The molecule has 1 nitrogen and oxygen atoms in total. The van der Waals surface area contributed by atoms with Crippen LogP contribution in [-0.4, -0.2) is 11.2 Å². The maximum Gasteiger partial charge on any atom is 0.0540 e. The molecule has 0 heterocycles. The summed E-state index contributed by atoms with van der Waals surface area (Å²) in [5, 5.41) is 10.1. The van der Waals surface area contributed by atoms with Crippen LogP contribution in [0, 0.1) is 11.8 Å². The van der Waals surface area contributed by atoms with Crippen molar-refractivity contribution in [1.82, 2.24) is 0 Å². The predicted octanol–water partition coefficient (Wildman–Crippen LogP) is 7.66. The molecule has 1 aliphatic carbocycles. The maximum atomic E-state index is 10.1. The molecule has 1 aliphatic rings. The second-order valence-corrected chi connectivity index (χ2v) is 9.23. The summed E-state index contributed by atoms with van der Waals surface area (Å²) in [6.07, 6.45) is 16.5. The average molecular weight is 373 g/mol. The number of aliphatic hydroxyl groups excluding tert-OH is 1. The van der Waals surface area contributed by atoms with E-state index >= 15 is 0 Å². The lowest BCUT2D eigenvalue weighted by Gasteiger charge is -2.28. The number of rotatable bonds is 12. The molecular formula is C26H44O. The monoisotopic (exact) mass is 372 g/mol. The molecule has 0 aromatic heterocycles. The van der Waals surface area contributed by atoms with E-state index in [9.17, 15) is 5.11 Å². The standard InChI is InChI=1S/C26H44O/c1-4-6-8-26(27)20-9-21(3)25-18-16-24(17-19-25)15-14-23-12-10-22(7-5-2)11-13-23/h16-19,21-23,26-27H,4-15,20H2,1-3H3. The lowest BCUT2D eigenvalue weighted by atomic mass is 9.78. The lowest BCUT2D eigenvalue weighted by Crippen LogP contribution is -2.15. The molecule has 1 N–H and O–H groups in total.